The van der Waals surface area contributed by atoms with E-state index >= 15 is 0 Å². The van der Waals surface area contributed by atoms with Gasteiger partial charge in [0.25, 0.3) is 0 Å². The fourth-order valence-corrected chi connectivity index (χ4v) is 5.00. The number of aromatic nitrogens is 2. The second-order valence-electron chi connectivity index (χ2n) is 9.23. The van der Waals surface area contributed by atoms with E-state index in [0.29, 0.717) is 50.8 Å². The van der Waals surface area contributed by atoms with Crippen LogP contribution in [-0.4, -0.2) is 47.8 Å². The monoisotopic (exact) mass is 515 g/mol. The summed E-state index contributed by atoms with van der Waals surface area (Å²) in [5.41, 5.74) is 3.84. The molecule has 5 rings (SSSR count). The third-order valence-electron chi connectivity index (χ3n) is 6.97. The molecule has 0 bridgehead atoms. The third-order valence-corrected chi connectivity index (χ3v) is 6.97. The van der Waals surface area contributed by atoms with E-state index in [1.165, 1.54) is 13.2 Å². The Labute approximate surface area is 221 Å². The first-order valence-electron chi connectivity index (χ1n) is 12.7. The van der Waals surface area contributed by atoms with Gasteiger partial charge in [-0.2, -0.15) is 0 Å². The van der Waals surface area contributed by atoms with Crippen LogP contribution in [-0.2, 0) is 13.0 Å². The molecule has 2 heterocycles. The van der Waals surface area contributed by atoms with Crippen molar-refractivity contribution in [3.8, 4) is 16.9 Å². The van der Waals surface area contributed by atoms with Gasteiger partial charge in [-0.15, -0.1) is 0 Å². The van der Waals surface area contributed by atoms with Gasteiger partial charge in [0.15, 0.2) is 11.6 Å². The Kier molecular flexibility index (Phi) is 7.26. The zero-order valence-electron chi connectivity index (χ0n) is 21.5. The average Bonchev–Trinajstić information content (AvgIpc) is 3.32. The minimum atomic E-state index is -0.392. The Bertz CT molecular complexity index is 1410. The molecule has 1 aromatic heterocycles. The third kappa shape index (κ3) is 5.04. The summed E-state index contributed by atoms with van der Waals surface area (Å²) in [6, 6.07) is 22.9. The molecule has 8 nitrogen and oxygen atoms in total. The molecule has 3 aromatic carbocycles. The Morgan fingerprint density at radius 1 is 0.947 bits per heavy atom. The lowest BCUT2D eigenvalue weighted by Gasteiger charge is -2.37. The Morgan fingerprint density at radius 2 is 1.61 bits per heavy atom. The average molecular weight is 516 g/mol. The molecule has 0 atom stereocenters. The van der Waals surface area contributed by atoms with Gasteiger partial charge in [-0.1, -0.05) is 55.5 Å². The van der Waals surface area contributed by atoms with Crippen molar-refractivity contribution in [2.24, 2.45) is 0 Å². The van der Waals surface area contributed by atoms with E-state index in [1.807, 2.05) is 72.2 Å². The highest BCUT2D eigenvalue weighted by Gasteiger charge is 2.32. The van der Waals surface area contributed by atoms with Gasteiger partial charge in [0.05, 0.1) is 13.7 Å². The van der Waals surface area contributed by atoms with Crippen LogP contribution in [0.4, 0.5) is 21.7 Å². The van der Waals surface area contributed by atoms with Crippen molar-refractivity contribution in [1.82, 2.24) is 9.55 Å². The Hall–Kier alpha value is -4.40. The highest BCUT2D eigenvalue weighted by molar-refractivity contribution is 5.67. The van der Waals surface area contributed by atoms with E-state index in [0.717, 1.165) is 22.4 Å². The maximum Gasteiger partial charge on any atom is 0.406 e. The smallest absolute Gasteiger partial charge is 0.406 e. The minimum absolute atomic E-state index is 0.0812. The number of aryl methyl sites for hydroxylation is 1. The summed E-state index contributed by atoms with van der Waals surface area (Å²) in [7, 11) is 1.45. The molecule has 196 valence electrons. The molecule has 38 heavy (non-hydrogen) atoms. The standard InChI is InChI=1S/C29H30FN5O3/c1-3-27-31-28(35(36)37)29(34(27)20-21-7-5-4-6-8-21)33-17-15-32(16-18-33)24-12-9-22(10-13-24)23-11-14-26(38-2)25(30)19-23/h4-14,19H,3,15-18,20H2,1-2H3. The number of hydrogen-bond donors (Lipinski definition) is 0. The van der Waals surface area contributed by atoms with Crippen molar-refractivity contribution in [2.45, 2.75) is 19.9 Å². The molecule has 0 aliphatic carbocycles. The van der Waals surface area contributed by atoms with Gasteiger partial charge in [-0.05, 0) is 50.9 Å². The molecule has 1 saturated heterocycles. The molecule has 9 heteroatoms. The summed E-state index contributed by atoms with van der Waals surface area (Å²) in [5.74, 6) is 1.04. The van der Waals surface area contributed by atoms with Crippen LogP contribution in [0, 0.1) is 15.9 Å². The molecule has 1 aliphatic rings. The largest absolute Gasteiger partial charge is 0.494 e. The SMILES string of the molecule is CCc1nc([N+](=O)[O-])c(N2CCN(c3ccc(-c4ccc(OC)c(F)c4)cc3)CC2)n1Cc1ccccc1. The predicted octanol–water partition coefficient (Wildman–Crippen LogP) is 5.54. The van der Waals surface area contributed by atoms with Crippen LogP contribution >= 0.6 is 0 Å². The zero-order chi connectivity index (χ0) is 26.6. The first kappa shape index (κ1) is 25.3. The Balaban J connectivity index is 1.33. The van der Waals surface area contributed by atoms with E-state index in [2.05, 4.69) is 14.8 Å². The van der Waals surface area contributed by atoms with E-state index in [1.54, 1.807) is 6.07 Å². The molecule has 1 fully saturated rings. The Morgan fingerprint density at radius 3 is 2.21 bits per heavy atom. The number of ether oxygens (including phenoxy) is 1. The van der Waals surface area contributed by atoms with Crippen LogP contribution in [0.15, 0.2) is 72.8 Å². The summed E-state index contributed by atoms with van der Waals surface area (Å²) < 4.78 is 21.2. The topological polar surface area (TPSA) is 76.7 Å². The second kappa shape index (κ2) is 10.9. The van der Waals surface area contributed by atoms with Crippen LogP contribution in [0.5, 0.6) is 5.75 Å². The number of nitrogens with zero attached hydrogens (tertiary/aromatic N) is 5. The molecule has 1 aliphatic heterocycles. The van der Waals surface area contributed by atoms with Crippen molar-refractivity contribution >= 4 is 17.3 Å². The van der Waals surface area contributed by atoms with Crippen molar-refractivity contribution in [1.29, 1.82) is 0 Å². The maximum absolute atomic E-state index is 14.1. The molecular formula is C29H30FN5O3. The van der Waals surface area contributed by atoms with Crippen LogP contribution in [0.1, 0.15) is 18.3 Å². The van der Waals surface area contributed by atoms with E-state index in [4.69, 9.17) is 4.74 Å². The maximum atomic E-state index is 14.1. The number of benzene rings is 3. The van der Waals surface area contributed by atoms with Crippen molar-refractivity contribution in [3.05, 3.63) is 100 Å². The molecule has 0 unspecified atom stereocenters. The number of anilines is 2. The van der Waals surface area contributed by atoms with Crippen LogP contribution in [0.25, 0.3) is 11.1 Å². The summed E-state index contributed by atoms with van der Waals surface area (Å²) in [6.45, 7) is 5.20. The van der Waals surface area contributed by atoms with Gasteiger partial charge in [0.2, 0.25) is 11.6 Å². The van der Waals surface area contributed by atoms with E-state index < -0.39 is 5.82 Å². The first-order valence-corrected chi connectivity index (χ1v) is 12.7. The fraction of sp³-hybridized carbons (Fsp3) is 0.276. The second-order valence-corrected chi connectivity index (χ2v) is 9.23. The van der Waals surface area contributed by atoms with Gasteiger partial charge in [0, 0.05) is 38.3 Å². The van der Waals surface area contributed by atoms with Crippen molar-refractivity contribution in [3.63, 3.8) is 0 Å². The van der Waals surface area contributed by atoms with Gasteiger partial charge in [-0.3, -0.25) is 4.57 Å². The number of piperazine rings is 1. The van der Waals surface area contributed by atoms with E-state index in [-0.39, 0.29) is 16.5 Å². The van der Waals surface area contributed by atoms with E-state index in [9.17, 15) is 14.5 Å². The number of hydrogen-bond acceptors (Lipinski definition) is 6. The molecule has 0 spiro atoms. The number of rotatable bonds is 8. The van der Waals surface area contributed by atoms with Gasteiger partial charge in [0.1, 0.15) is 0 Å². The first-order chi connectivity index (χ1) is 18.5. The normalized spacial score (nSPS) is 13.6. The predicted molar refractivity (Wildman–Crippen MR) is 147 cm³/mol. The van der Waals surface area contributed by atoms with Crippen molar-refractivity contribution in [2.75, 3.05) is 43.1 Å². The lowest BCUT2D eigenvalue weighted by Crippen LogP contribution is -2.47. The zero-order valence-corrected chi connectivity index (χ0v) is 21.5. The van der Waals surface area contributed by atoms with Crippen molar-refractivity contribution < 1.29 is 14.1 Å². The summed E-state index contributed by atoms with van der Waals surface area (Å²) in [4.78, 5) is 20.3. The molecule has 0 radical (unpaired) electrons. The van der Waals surface area contributed by atoms with Crippen LogP contribution in [0.3, 0.4) is 0 Å². The molecule has 4 aromatic rings. The quantitative estimate of drug-likeness (QED) is 0.226. The molecule has 0 saturated carbocycles. The van der Waals surface area contributed by atoms with Gasteiger partial charge in [-0.25, -0.2) is 4.39 Å². The molecular weight excluding hydrogens is 485 g/mol. The lowest BCUT2D eigenvalue weighted by molar-refractivity contribution is -0.388. The molecule has 0 amide bonds. The van der Waals surface area contributed by atoms with Crippen LogP contribution in [0.2, 0.25) is 0 Å². The lowest BCUT2D eigenvalue weighted by atomic mass is 10.0. The number of halogens is 1. The summed E-state index contributed by atoms with van der Waals surface area (Å²) >= 11 is 0. The van der Waals surface area contributed by atoms with Crippen LogP contribution < -0.4 is 14.5 Å². The van der Waals surface area contributed by atoms with Gasteiger partial charge >= 0.3 is 5.82 Å². The minimum Gasteiger partial charge on any atom is -0.494 e. The number of imidazole rings is 1. The molecule has 0 N–H and O–H groups in total. The number of nitro groups is 1. The summed E-state index contributed by atoms with van der Waals surface area (Å²) in [5, 5.41) is 12.0. The highest BCUT2D eigenvalue weighted by atomic mass is 19.1. The number of methoxy groups -OCH3 is 1. The fourth-order valence-electron chi connectivity index (χ4n) is 5.00. The van der Waals surface area contributed by atoms with Gasteiger partial charge < -0.3 is 24.7 Å². The summed E-state index contributed by atoms with van der Waals surface area (Å²) in [6.07, 6.45) is 0.609. The highest BCUT2D eigenvalue weighted by Crippen LogP contribution is 2.33.